The minimum atomic E-state index is -0.882. The molecule has 6 nitrogen and oxygen atoms in total. The summed E-state index contributed by atoms with van der Waals surface area (Å²) >= 11 is 0. The molecule has 0 fully saturated rings. The maximum absolute atomic E-state index is 11.5. The van der Waals surface area contributed by atoms with Gasteiger partial charge in [0.1, 0.15) is 0 Å². The van der Waals surface area contributed by atoms with Gasteiger partial charge in [0, 0.05) is 48.9 Å². The fourth-order valence-electron chi connectivity index (χ4n) is 4.98. The molecule has 4 aromatic rings. The van der Waals surface area contributed by atoms with E-state index >= 15 is 0 Å². The smallest absolute Gasteiger partial charge is 0.336 e. The number of aromatic nitrogens is 3. The van der Waals surface area contributed by atoms with Gasteiger partial charge >= 0.3 is 5.97 Å². The predicted molar refractivity (Wildman–Crippen MR) is 133 cm³/mol. The van der Waals surface area contributed by atoms with Crippen LogP contribution in [-0.2, 0) is 12.8 Å². The first kappa shape index (κ1) is 21.9. The van der Waals surface area contributed by atoms with Gasteiger partial charge in [-0.25, -0.2) is 9.78 Å². The van der Waals surface area contributed by atoms with Gasteiger partial charge in [0.2, 0.25) is 0 Å². The Kier molecular flexibility index (Phi) is 6.12. The molecule has 172 valence electrons. The number of carbonyl (C=O) groups is 1. The van der Waals surface area contributed by atoms with Crippen LogP contribution < -0.4 is 4.90 Å². The van der Waals surface area contributed by atoms with E-state index in [-0.39, 0.29) is 0 Å². The summed E-state index contributed by atoms with van der Waals surface area (Å²) in [7, 11) is 2.10. The van der Waals surface area contributed by atoms with Crippen LogP contribution in [0.15, 0.2) is 79.6 Å². The molecule has 6 heteroatoms. The van der Waals surface area contributed by atoms with Gasteiger partial charge in [-0.3, -0.25) is 4.98 Å². The van der Waals surface area contributed by atoms with Crippen LogP contribution in [0.4, 0.5) is 11.4 Å². The lowest BCUT2D eigenvalue weighted by Crippen LogP contribution is -2.14. The maximum Gasteiger partial charge on any atom is 0.336 e. The summed E-state index contributed by atoms with van der Waals surface area (Å²) in [6.45, 7) is 0. The van der Waals surface area contributed by atoms with Crippen LogP contribution in [0, 0.1) is 0 Å². The summed E-state index contributed by atoms with van der Waals surface area (Å²) in [6.07, 6.45) is 13.8. The number of imidazole rings is 1. The van der Waals surface area contributed by atoms with Gasteiger partial charge < -0.3 is 14.6 Å². The molecule has 0 saturated carbocycles. The average Bonchev–Trinajstić information content (AvgIpc) is 3.42. The predicted octanol–water partition coefficient (Wildman–Crippen LogP) is 5.79. The van der Waals surface area contributed by atoms with E-state index < -0.39 is 5.97 Å². The molecule has 2 aromatic carbocycles. The Bertz CT molecular complexity index is 1280. The minimum absolute atomic E-state index is 0.363. The lowest BCUT2D eigenvalue weighted by Gasteiger charge is -2.28. The highest BCUT2D eigenvalue weighted by Gasteiger charge is 2.22. The number of hydrogen-bond donors (Lipinski definition) is 1. The Labute approximate surface area is 199 Å². The Morgan fingerprint density at radius 2 is 1.91 bits per heavy atom. The van der Waals surface area contributed by atoms with Crippen molar-refractivity contribution in [2.45, 2.75) is 38.0 Å². The molecule has 1 aliphatic rings. The van der Waals surface area contributed by atoms with Gasteiger partial charge in [-0.1, -0.05) is 6.07 Å². The van der Waals surface area contributed by atoms with E-state index in [1.165, 1.54) is 16.8 Å². The Morgan fingerprint density at radius 3 is 2.68 bits per heavy atom. The first-order valence-corrected chi connectivity index (χ1v) is 11.7. The summed E-state index contributed by atoms with van der Waals surface area (Å²) in [5.41, 5.74) is 7.38. The Balaban J connectivity index is 1.32. The number of fused-ring (bicyclic) bond motifs is 1. The first-order valence-electron chi connectivity index (χ1n) is 11.7. The molecule has 0 spiro atoms. The van der Waals surface area contributed by atoms with Crippen molar-refractivity contribution in [3.8, 4) is 5.69 Å². The summed E-state index contributed by atoms with van der Waals surface area (Å²) in [4.78, 5) is 22.0. The van der Waals surface area contributed by atoms with Crippen LogP contribution >= 0.6 is 0 Å². The second-order valence-electron chi connectivity index (χ2n) is 8.89. The number of hydrogen-bond acceptors (Lipinski definition) is 4. The molecule has 1 aliphatic carbocycles. The fraction of sp³-hybridized carbons (Fsp3) is 0.250. The molecule has 0 amide bonds. The Hall–Kier alpha value is -3.93. The van der Waals surface area contributed by atoms with Crippen molar-refractivity contribution in [3.63, 3.8) is 0 Å². The van der Waals surface area contributed by atoms with E-state index in [9.17, 15) is 9.90 Å². The van der Waals surface area contributed by atoms with Crippen LogP contribution in [0.2, 0.25) is 0 Å². The third-order valence-electron chi connectivity index (χ3n) is 6.89. The lowest BCUT2D eigenvalue weighted by molar-refractivity contribution is 0.0695. The topological polar surface area (TPSA) is 71.2 Å². The molecular weight excluding hydrogens is 424 g/mol. The van der Waals surface area contributed by atoms with Gasteiger partial charge in [0.05, 0.1) is 11.9 Å². The fourth-order valence-corrected chi connectivity index (χ4v) is 4.98. The van der Waals surface area contributed by atoms with Crippen molar-refractivity contribution in [2.24, 2.45) is 0 Å². The number of aromatic carboxylic acids is 1. The number of pyridine rings is 1. The van der Waals surface area contributed by atoms with E-state index in [2.05, 4.69) is 64.4 Å². The molecule has 34 heavy (non-hydrogen) atoms. The monoisotopic (exact) mass is 452 g/mol. The molecule has 0 saturated heterocycles. The summed E-state index contributed by atoms with van der Waals surface area (Å²) < 4.78 is 1.99. The molecule has 0 unspecified atom stereocenters. The number of benzene rings is 2. The van der Waals surface area contributed by atoms with Crippen LogP contribution in [-0.4, -0.2) is 32.7 Å². The molecule has 2 aromatic heterocycles. The second-order valence-corrected chi connectivity index (χ2v) is 8.89. The maximum atomic E-state index is 11.5. The highest BCUT2D eigenvalue weighted by Crippen LogP contribution is 2.37. The molecule has 0 bridgehead atoms. The van der Waals surface area contributed by atoms with Crippen molar-refractivity contribution in [2.75, 3.05) is 11.9 Å². The van der Waals surface area contributed by atoms with Crippen molar-refractivity contribution in [1.29, 1.82) is 0 Å². The summed E-state index contributed by atoms with van der Waals surface area (Å²) in [6, 6.07) is 16.9. The zero-order chi connectivity index (χ0) is 23.5. The van der Waals surface area contributed by atoms with E-state index in [1.54, 1.807) is 31.0 Å². The number of rotatable bonds is 7. The molecule has 0 aliphatic heterocycles. The van der Waals surface area contributed by atoms with E-state index in [0.29, 0.717) is 11.5 Å². The molecule has 1 N–H and O–H groups in total. The van der Waals surface area contributed by atoms with Crippen molar-refractivity contribution >= 4 is 17.3 Å². The van der Waals surface area contributed by atoms with E-state index in [4.69, 9.17) is 0 Å². The van der Waals surface area contributed by atoms with E-state index in [0.717, 1.165) is 49.0 Å². The highest BCUT2D eigenvalue weighted by atomic mass is 16.4. The SMILES string of the molecule is CN(c1ccc(-n2ccnc2)cc1)c1ccc2c(c1)CCC[C@H]2CCc1cnccc1C(=O)O. The number of aryl methyl sites for hydroxylation is 2. The molecular formula is C28H28N4O2. The van der Waals surface area contributed by atoms with Crippen LogP contribution in [0.5, 0.6) is 0 Å². The third kappa shape index (κ3) is 4.44. The van der Waals surface area contributed by atoms with Gasteiger partial charge in [0.15, 0.2) is 0 Å². The number of carboxylic acid groups (broad SMARTS) is 1. The van der Waals surface area contributed by atoms with Gasteiger partial charge in [-0.2, -0.15) is 0 Å². The number of nitrogens with zero attached hydrogens (tertiary/aromatic N) is 4. The summed E-state index contributed by atoms with van der Waals surface area (Å²) in [5, 5.41) is 9.46. The molecule has 0 radical (unpaired) electrons. The van der Waals surface area contributed by atoms with Crippen molar-refractivity contribution in [1.82, 2.24) is 14.5 Å². The molecule has 5 rings (SSSR count). The number of carboxylic acids is 1. The van der Waals surface area contributed by atoms with Crippen LogP contribution in [0.3, 0.4) is 0 Å². The summed E-state index contributed by atoms with van der Waals surface area (Å²) in [5.74, 6) is -0.438. The van der Waals surface area contributed by atoms with Gasteiger partial charge in [0.25, 0.3) is 0 Å². The zero-order valence-corrected chi connectivity index (χ0v) is 19.3. The second kappa shape index (κ2) is 9.51. The van der Waals surface area contributed by atoms with Crippen LogP contribution in [0.25, 0.3) is 5.69 Å². The van der Waals surface area contributed by atoms with Gasteiger partial charge in [-0.15, -0.1) is 0 Å². The molecule has 2 heterocycles. The first-order chi connectivity index (χ1) is 16.6. The average molecular weight is 453 g/mol. The number of anilines is 2. The van der Waals surface area contributed by atoms with Crippen molar-refractivity contribution < 1.29 is 9.90 Å². The highest BCUT2D eigenvalue weighted by molar-refractivity contribution is 5.89. The third-order valence-corrected chi connectivity index (χ3v) is 6.89. The standard InChI is InChI=1S/C28H28N4O2/c1-31(23-7-9-24(10-8-23)32-16-15-30-19-32)25-11-12-26-20(3-2-4-21(26)17-25)5-6-22-18-29-14-13-27(22)28(33)34/h7-20H,2-6H2,1H3,(H,33,34)/t20-/m0/s1. The minimum Gasteiger partial charge on any atom is -0.478 e. The van der Waals surface area contributed by atoms with E-state index in [1.807, 2.05) is 10.8 Å². The van der Waals surface area contributed by atoms with Crippen molar-refractivity contribution in [3.05, 3.63) is 102 Å². The normalized spacial score (nSPS) is 15.0. The molecule has 1 atom stereocenters. The Morgan fingerprint density at radius 1 is 1.09 bits per heavy atom. The quantitative estimate of drug-likeness (QED) is 0.384. The van der Waals surface area contributed by atoms with Crippen LogP contribution in [0.1, 0.15) is 52.2 Å². The lowest BCUT2D eigenvalue weighted by atomic mass is 9.79. The zero-order valence-electron chi connectivity index (χ0n) is 19.3. The largest absolute Gasteiger partial charge is 0.478 e. The van der Waals surface area contributed by atoms with Gasteiger partial charge in [-0.05, 0) is 97.2 Å².